The van der Waals surface area contributed by atoms with Gasteiger partial charge >= 0.3 is 0 Å². The number of alkyl halides is 2. The maximum atomic E-state index is 13.9. The van der Waals surface area contributed by atoms with Crippen LogP contribution in [0.15, 0.2) is 66.8 Å². The number of phenols is 1. The number of amides is 4. The first kappa shape index (κ1) is 24.9. The summed E-state index contributed by atoms with van der Waals surface area (Å²) in [5.41, 5.74) is 2.28. The lowest BCUT2D eigenvalue weighted by Gasteiger charge is -2.50. The fourth-order valence-electron chi connectivity index (χ4n) is 6.84. The number of benzene rings is 2. The molecule has 1 saturated carbocycles. The van der Waals surface area contributed by atoms with Crippen molar-refractivity contribution >= 4 is 58.6 Å². The average Bonchev–Trinajstić information content (AvgIpc) is 3.24. The van der Waals surface area contributed by atoms with Crippen LogP contribution in [0.3, 0.4) is 0 Å². The molecule has 4 amide bonds. The van der Waals surface area contributed by atoms with Gasteiger partial charge in [-0.15, -0.1) is 23.2 Å². The third-order valence-corrected chi connectivity index (χ3v) is 10.1. The largest absolute Gasteiger partial charge is 0.508 e. The second-order valence-corrected chi connectivity index (χ2v) is 11.6. The van der Waals surface area contributed by atoms with Gasteiger partial charge in [-0.2, -0.15) is 0 Å². The number of carbonyl (C=O) groups excluding carboxylic acids is 4. The minimum absolute atomic E-state index is 0.0909. The average molecular weight is 551 g/mol. The molecule has 2 aliphatic heterocycles. The number of likely N-dealkylation sites (tertiary alicyclic amines) is 1. The number of carbonyl (C=O) groups is 4. The first-order chi connectivity index (χ1) is 18.1. The predicted molar refractivity (Wildman–Crippen MR) is 143 cm³/mol. The molecule has 6 rings (SSSR count). The number of rotatable bonds is 3. The van der Waals surface area contributed by atoms with Crippen LogP contribution < -0.4 is 4.90 Å². The van der Waals surface area contributed by atoms with E-state index in [0.717, 1.165) is 10.5 Å². The van der Waals surface area contributed by atoms with E-state index in [9.17, 15) is 24.3 Å². The normalized spacial score (nSPS) is 34.1. The van der Waals surface area contributed by atoms with Crippen LogP contribution >= 0.6 is 23.2 Å². The molecule has 2 aromatic rings. The van der Waals surface area contributed by atoms with E-state index in [1.165, 1.54) is 18.0 Å². The summed E-state index contributed by atoms with van der Waals surface area (Å²) in [6, 6.07) is 13.4. The molecule has 194 valence electrons. The maximum absolute atomic E-state index is 13.9. The van der Waals surface area contributed by atoms with Crippen molar-refractivity contribution in [2.45, 2.75) is 28.5 Å². The fourth-order valence-corrected chi connectivity index (χ4v) is 7.85. The molecule has 1 N–H and O–H groups in total. The van der Waals surface area contributed by atoms with E-state index in [0.29, 0.717) is 16.8 Å². The van der Waals surface area contributed by atoms with Crippen LogP contribution in [0.25, 0.3) is 6.08 Å². The number of phenolic OH excluding ortho intramolecular Hbond substituents is 1. The number of hydrogen-bond donors (Lipinski definition) is 1. The summed E-state index contributed by atoms with van der Waals surface area (Å²) >= 11 is 14.2. The van der Waals surface area contributed by atoms with Gasteiger partial charge in [0.2, 0.25) is 11.8 Å². The van der Waals surface area contributed by atoms with Crippen molar-refractivity contribution in [1.82, 2.24) is 4.90 Å². The SMILES string of the molecule is C=Cc1ccc(N2C(=O)C3CC=C4C(CC5(Cl)C(=O)N(C)C(=O)C5(Cl)C4c4ccccc4O)C3C2=O)cc1. The van der Waals surface area contributed by atoms with Crippen molar-refractivity contribution in [2.24, 2.45) is 17.8 Å². The third-order valence-electron chi connectivity index (χ3n) is 8.65. The van der Waals surface area contributed by atoms with Crippen molar-refractivity contribution in [3.63, 3.8) is 0 Å². The number of aromatic hydroxyl groups is 1. The van der Waals surface area contributed by atoms with E-state index in [1.807, 2.05) is 6.08 Å². The van der Waals surface area contributed by atoms with Crippen molar-refractivity contribution in [1.29, 1.82) is 0 Å². The molecule has 0 aromatic heterocycles. The highest BCUT2D eigenvalue weighted by Crippen LogP contribution is 2.66. The van der Waals surface area contributed by atoms with Crippen LogP contribution in [0.5, 0.6) is 5.75 Å². The minimum Gasteiger partial charge on any atom is -0.508 e. The number of hydrogen-bond acceptors (Lipinski definition) is 5. The molecule has 6 unspecified atom stereocenters. The zero-order chi connectivity index (χ0) is 27.1. The summed E-state index contributed by atoms with van der Waals surface area (Å²) in [5.74, 6) is -5.18. The molecule has 6 atom stereocenters. The van der Waals surface area contributed by atoms with E-state index in [-0.39, 0.29) is 30.4 Å². The zero-order valence-corrected chi connectivity index (χ0v) is 21.9. The minimum atomic E-state index is -1.92. The smallest absolute Gasteiger partial charge is 0.253 e. The number of halogens is 2. The Morgan fingerprint density at radius 2 is 1.66 bits per heavy atom. The molecule has 0 radical (unpaired) electrons. The van der Waals surface area contributed by atoms with Crippen molar-refractivity contribution in [2.75, 3.05) is 11.9 Å². The number of nitrogens with zero attached hydrogens (tertiary/aromatic N) is 2. The summed E-state index contributed by atoms with van der Waals surface area (Å²) in [4.78, 5) is 52.8. The van der Waals surface area contributed by atoms with Gasteiger partial charge in [-0.1, -0.05) is 54.6 Å². The Hall–Kier alpha value is -3.42. The van der Waals surface area contributed by atoms with E-state index < -0.39 is 45.2 Å². The zero-order valence-electron chi connectivity index (χ0n) is 20.4. The number of imide groups is 2. The second-order valence-electron chi connectivity index (χ2n) is 10.4. The molecule has 4 aliphatic rings. The van der Waals surface area contributed by atoms with Crippen molar-refractivity contribution < 1.29 is 24.3 Å². The van der Waals surface area contributed by atoms with Crippen molar-refractivity contribution in [3.8, 4) is 5.75 Å². The molecule has 38 heavy (non-hydrogen) atoms. The first-order valence-corrected chi connectivity index (χ1v) is 13.1. The topological polar surface area (TPSA) is 95.0 Å². The highest BCUT2D eigenvalue weighted by Gasteiger charge is 2.76. The number of anilines is 1. The monoisotopic (exact) mass is 550 g/mol. The Labute approximate surface area is 229 Å². The lowest BCUT2D eigenvalue weighted by Crippen LogP contribution is -2.60. The molecule has 2 heterocycles. The number of fused-ring (bicyclic) bond motifs is 4. The summed E-state index contributed by atoms with van der Waals surface area (Å²) in [6.45, 7) is 3.74. The molecular weight excluding hydrogens is 527 g/mol. The quantitative estimate of drug-likeness (QED) is 0.350. The van der Waals surface area contributed by atoms with E-state index in [1.54, 1.807) is 48.5 Å². The van der Waals surface area contributed by atoms with Crippen LogP contribution in [0.1, 0.15) is 29.9 Å². The van der Waals surface area contributed by atoms with Crippen LogP contribution in [-0.4, -0.2) is 50.4 Å². The lowest BCUT2D eigenvalue weighted by molar-refractivity contribution is -0.138. The van der Waals surface area contributed by atoms with Gasteiger partial charge in [0.05, 0.1) is 17.5 Å². The summed E-state index contributed by atoms with van der Waals surface area (Å²) in [6.07, 6.45) is 3.68. The Balaban J connectivity index is 1.50. The first-order valence-electron chi connectivity index (χ1n) is 12.3. The van der Waals surface area contributed by atoms with Gasteiger partial charge in [0.15, 0.2) is 9.75 Å². The Kier molecular flexibility index (Phi) is 5.43. The highest BCUT2D eigenvalue weighted by molar-refractivity contribution is 6.53. The Morgan fingerprint density at radius 3 is 2.32 bits per heavy atom. The molecule has 3 fully saturated rings. The van der Waals surface area contributed by atoms with Gasteiger partial charge in [-0.05, 0) is 42.5 Å². The molecule has 2 saturated heterocycles. The molecule has 0 spiro atoms. The third kappa shape index (κ3) is 2.97. The van der Waals surface area contributed by atoms with Crippen LogP contribution in [0, 0.1) is 17.8 Å². The van der Waals surface area contributed by atoms with Crippen LogP contribution in [0.2, 0.25) is 0 Å². The Bertz CT molecular complexity index is 1470. The van der Waals surface area contributed by atoms with Gasteiger partial charge in [0, 0.05) is 18.5 Å². The van der Waals surface area contributed by atoms with E-state index in [4.69, 9.17) is 23.2 Å². The van der Waals surface area contributed by atoms with E-state index in [2.05, 4.69) is 6.58 Å². The van der Waals surface area contributed by atoms with Gasteiger partial charge in [-0.25, -0.2) is 0 Å². The molecule has 2 aliphatic carbocycles. The van der Waals surface area contributed by atoms with Gasteiger partial charge in [0.25, 0.3) is 11.8 Å². The Morgan fingerprint density at radius 1 is 0.974 bits per heavy atom. The van der Waals surface area contributed by atoms with Crippen molar-refractivity contribution in [3.05, 3.63) is 77.9 Å². The van der Waals surface area contributed by atoms with E-state index >= 15 is 0 Å². The van der Waals surface area contributed by atoms with Crippen LogP contribution in [-0.2, 0) is 19.2 Å². The highest BCUT2D eigenvalue weighted by atomic mass is 35.5. The van der Waals surface area contributed by atoms with Gasteiger partial charge in [0.1, 0.15) is 5.75 Å². The number of para-hydroxylation sites is 1. The maximum Gasteiger partial charge on any atom is 0.253 e. The molecule has 2 aromatic carbocycles. The van der Waals surface area contributed by atoms with Gasteiger partial charge in [-0.3, -0.25) is 29.0 Å². The number of allylic oxidation sites excluding steroid dienone is 2. The standard InChI is InChI=1S/C29H24Cl2N2O5/c1-3-15-8-10-16(11-9-15)33-24(35)19-13-12-17-20(22(19)25(33)36)14-28(30)26(37)32(2)27(38)29(28,31)23(17)18-6-4-5-7-21(18)34/h3-12,19-20,22-23,34H,1,13-14H2,2H3. The fraction of sp³-hybridized carbons (Fsp3) is 0.310. The summed E-state index contributed by atoms with van der Waals surface area (Å²) < 4.78 is 0. The second kappa shape index (κ2) is 8.29. The van der Waals surface area contributed by atoms with Gasteiger partial charge < -0.3 is 5.11 Å². The summed E-state index contributed by atoms with van der Waals surface area (Å²) in [7, 11) is 1.33. The predicted octanol–water partition coefficient (Wildman–Crippen LogP) is 4.23. The molecule has 9 heteroatoms. The molecule has 7 nitrogen and oxygen atoms in total. The molecular formula is C29H24Cl2N2O5. The summed E-state index contributed by atoms with van der Waals surface area (Å²) in [5, 5.41) is 10.8. The molecule has 0 bridgehead atoms. The lowest BCUT2D eigenvalue weighted by atomic mass is 9.56. The van der Waals surface area contributed by atoms with Crippen LogP contribution in [0.4, 0.5) is 5.69 Å².